The molecule has 0 radical (unpaired) electrons. The summed E-state index contributed by atoms with van der Waals surface area (Å²) in [6.07, 6.45) is -0.0496. The van der Waals surface area contributed by atoms with Crippen LogP contribution >= 0.6 is 23.2 Å². The lowest BCUT2D eigenvalue weighted by molar-refractivity contribution is -0.147. The zero-order chi connectivity index (χ0) is 27.6. The maximum atomic E-state index is 15.0. The molecule has 2 aliphatic rings. The molecule has 0 aliphatic carbocycles. The number of aliphatic carboxylic acids is 1. The third-order valence-electron chi connectivity index (χ3n) is 7.15. The molecule has 4 heterocycles. The minimum atomic E-state index is -3.31. The lowest BCUT2D eigenvalue weighted by Crippen LogP contribution is -2.57. The summed E-state index contributed by atoms with van der Waals surface area (Å²) in [5.41, 5.74) is -1.39. The summed E-state index contributed by atoms with van der Waals surface area (Å²) >= 11 is 12.4. The first-order valence-corrected chi connectivity index (χ1v) is 12.4. The summed E-state index contributed by atoms with van der Waals surface area (Å²) in [4.78, 5) is 44.2. The van der Waals surface area contributed by atoms with Crippen molar-refractivity contribution in [1.82, 2.24) is 19.7 Å². The molecule has 2 aromatic heterocycles. The van der Waals surface area contributed by atoms with Crippen LogP contribution in [0.15, 0.2) is 30.5 Å². The predicted octanol–water partition coefficient (Wildman–Crippen LogP) is 3.88. The van der Waals surface area contributed by atoms with E-state index in [2.05, 4.69) is 20.7 Å². The Kier molecular flexibility index (Phi) is 6.32. The topological polar surface area (TPSA) is 129 Å². The first-order chi connectivity index (χ1) is 17.8. The lowest BCUT2D eigenvalue weighted by Gasteiger charge is -2.41. The smallest absolute Gasteiger partial charge is 0.306 e. The van der Waals surface area contributed by atoms with Gasteiger partial charge in [0.2, 0.25) is 11.8 Å². The van der Waals surface area contributed by atoms with Gasteiger partial charge in [-0.2, -0.15) is 5.10 Å². The number of rotatable bonds is 6. The second-order valence-corrected chi connectivity index (χ2v) is 10.4. The molecule has 0 unspecified atom stereocenters. The van der Waals surface area contributed by atoms with Crippen LogP contribution in [0, 0.1) is 5.92 Å². The minimum absolute atomic E-state index is 0.0389. The number of alkyl halides is 2. The van der Waals surface area contributed by atoms with Gasteiger partial charge >= 0.3 is 5.97 Å². The fourth-order valence-corrected chi connectivity index (χ4v) is 5.99. The van der Waals surface area contributed by atoms with Crippen LogP contribution in [0.3, 0.4) is 0 Å². The summed E-state index contributed by atoms with van der Waals surface area (Å²) in [5, 5.41) is 20.0. The van der Waals surface area contributed by atoms with E-state index in [1.54, 1.807) is 25.4 Å². The molecule has 0 spiro atoms. The number of pyridine rings is 1. The molecule has 2 amide bonds. The monoisotopic (exact) mass is 566 g/mol. The van der Waals surface area contributed by atoms with Gasteiger partial charge in [-0.3, -0.25) is 19.3 Å². The summed E-state index contributed by atoms with van der Waals surface area (Å²) < 4.78 is 31.5. The standard InChI is InChI=1S/C24H22Cl2F2N6O4/c1-11(21(37)31-19-13-4-3-5-29-20(13)33(2)32-19)16-8-23(27,28)10-34(16)24(9-17(35)36)14-6-12(25)7-15(26)18(14)30-22(24)38/h3-7,11,16H,8-10H2,1-2H3,(H,30,38)(H,35,36)(H,31,32,37)/t11-,16-,24-/m1/s1. The van der Waals surface area contributed by atoms with E-state index < -0.39 is 60.6 Å². The molecular weight excluding hydrogens is 545 g/mol. The maximum absolute atomic E-state index is 15.0. The van der Waals surface area contributed by atoms with Crippen molar-refractivity contribution in [2.75, 3.05) is 17.2 Å². The van der Waals surface area contributed by atoms with Gasteiger partial charge < -0.3 is 15.7 Å². The van der Waals surface area contributed by atoms with E-state index >= 15 is 8.78 Å². The van der Waals surface area contributed by atoms with Gasteiger partial charge in [0.1, 0.15) is 5.54 Å². The Morgan fingerprint density at radius 2 is 2.08 bits per heavy atom. The van der Waals surface area contributed by atoms with Crippen LogP contribution in [0.5, 0.6) is 0 Å². The van der Waals surface area contributed by atoms with Gasteiger partial charge in [0, 0.05) is 36.3 Å². The Bertz CT molecular complexity index is 1500. The molecule has 14 heteroatoms. The number of hydrogen-bond donors (Lipinski definition) is 3. The van der Waals surface area contributed by atoms with E-state index in [-0.39, 0.29) is 27.1 Å². The van der Waals surface area contributed by atoms with Crippen LogP contribution in [0.1, 0.15) is 25.3 Å². The van der Waals surface area contributed by atoms with Crippen LogP contribution in [0.25, 0.3) is 11.0 Å². The number of fused-ring (bicyclic) bond motifs is 2. The quantitative estimate of drug-likeness (QED) is 0.412. The van der Waals surface area contributed by atoms with Gasteiger partial charge in [-0.25, -0.2) is 18.4 Å². The van der Waals surface area contributed by atoms with E-state index in [1.165, 1.54) is 23.7 Å². The third kappa shape index (κ3) is 4.16. The van der Waals surface area contributed by atoms with Crippen molar-refractivity contribution in [3.63, 3.8) is 0 Å². The number of aryl methyl sites for hydroxylation is 1. The molecule has 1 aromatic carbocycles. The van der Waals surface area contributed by atoms with Gasteiger partial charge in [0.25, 0.3) is 5.92 Å². The number of nitrogens with one attached hydrogen (secondary N) is 2. The third-order valence-corrected chi connectivity index (χ3v) is 7.67. The Balaban J connectivity index is 1.56. The number of anilines is 2. The second kappa shape index (κ2) is 9.14. The number of carboxylic acids is 1. The van der Waals surface area contributed by atoms with Crippen molar-refractivity contribution in [3.8, 4) is 0 Å². The maximum Gasteiger partial charge on any atom is 0.306 e. The Hall–Kier alpha value is -3.35. The number of carbonyl (C=O) groups is 3. The molecule has 1 saturated heterocycles. The molecule has 38 heavy (non-hydrogen) atoms. The van der Waals surface area contributed by atoms with Gasteiger partial charge in [0.15, 0.2) is 11.5 Å². The first kappa shape index (κ1) is 26.3. The second-order valence-electron chi connectivity index (χ2n) is 9.58. The molecule has 3 atom stereocenters. The minimum Gasteiger partial charge on any atom is -0.481 e. The van der Waals surface area contributed by atoms with Crippen LogP contribution in [0.4, 0.5) is 20.3 Å². The summed E-state index contributed by atoms with van der Waals surface area (Å²) in [6, 6.07) is 4.86. The highest BCUT2D eigenvalue weighted by molar-refractivity contribution is 6.38. The van der Waals surface area contributed by atoms with Crippen LogP contribution in [-0.4, -0.2) is 61.1 Å². The molecule has 10 nitrogen and oxygen atoms in total. The molecule has 5 rings (SSSR count). The van der Waals surface area contributed by atoms with Gasteiger partial charge in [-0.1, -0.05) is 30.1 Å². The summed E-state index contributed by atoms with van der Waals surface area (Å²) in [6.45, 7) is 0.501. The van der Waals surface area contributed by atoms with E-state index in [9.17, 15) is 19.5 Å². The van der Waals surface area contributed by atoms with E-state index in [4.69, 9.17) is 23.2 Å². The number of likely N-dealkylation sites (tertiary alicyclic amines) is 1. The van der Waals surface area contributed by atoms with Crippen molar-refractivity contribution in [3.05, 3.63) is 46.1 Å². The number of amides is 2. The van der Waals surface area contributed by atoms with Gasteiger partial charge in [-0.05, 0) is 24.3 Å². The number of halogens is 4. The molecular formula is C24H22Cl2F2N6O4. The number of carbonyl (C=O) groups excluding carboxylic acids is 2. The van der Waals surface area contributed by atoms with Crippen molar-refractivity contribution >= 4 is 63.5 Å². The van der Waals surface area contributed by atoms with Gasteiger partial charge in [0.05, 0.1) is 35.0 Å². The average molecular weight is 567 g/mol. The first-order valence-electron chi connectivity index (χ1n) is 11.6. The summed E-state index contributed by atoms with van der Waals surface area (Å²) in [7, 11) is 1.65. The fourth-order valence-electron chi connectivity index (χ4n) is 5.45. The van der Waals surface area contributed by atoms with Crippen LogP contribution in [-0.2, 0) is 27.0 Å². The zero-order valence-electron chi connectivity index (χ0n) is 20.1. The molecule has 3 aromatic rings. The normalized spacial score (nSPS) is 23.3. The highest BCUT2D eigenvalue weighted by Crippen LogP contribution is 2.52. The van der Waals surface area contributed by atoms with E-state index in [1.807, 2.05) is 0 Å². The van der Waals surface area contributed by atoms with Crippen LogP contribution < -0.4 is 10.6 Å². The molecule has 2 aliphatic heterocycles. The highest BCUT2D eigenvalue weighted by Gasteiger charge is 2.62. The largest absolute Gasteiger partial charge is 0.481 e. The zero-order valence-corrected chi connectivity index (χ0v) is 21.6. The van der Waals surface area contributed by atoms with Crippen molar-refractivity contribution in [1.29, 1.82) is 0 Å². The fraction of sp³-hybridized carbons (Fsp3) is 0.375. The average Bonchev–Trinajstić information content (AvgIpc) is 3.43. The Morgan fingerprint density at radius 1 is 1.34 bits per heavy atom. The molecule has 0 bridgehead atoms. The predicted molar refractivity (Wildman–Crippen MR) is 135 cm³/mol. The highest BCUT2D eigenvalue weighted by atomic mass is 35.5. The molecule has 200 valence electrons. The van der Waals surface area contributed by atoms with Gasteiger partial charge in [-0.15, -0.1) is 0 Å². The Morgan fingerprint density at radius 3 is 2.79 bits per heavy atom. The molecule has 0 saturated carbocycles. The molecule has 1 fully saturated rings. The number of nitrogens with zero attached hydrogens (tertiary/aromatic N) is 4. The molecule has 3 N–H and O–H groups in total. The van der Waals surface area contributed by atoms with E-state index in [0.29, 0.717) is 11.0 Å². The number of carboxylic acid groups (broad SMARTS) is 1. The Labute approximate surface area is 224 Å². The summed E-state index contributed by atoms with van der Waals surface area (Å²) in [5.74, 6) is -7.08. The lowest BCUT2D eigenvalue weighted by atomic mass is 9.83. The number of benzene rings is 1. The van der Waals surface area contributed by atoms with Crippen LogP contribution in [0.2, 0.25) is 10.0 Å². The van der Waals surface area contributed by atoms with Crippen molar-refractivity contribution in [2.45, 2.75) is 37.3 Å². The SMILES string of the molecule is C[C@@H](C(=O)Nc1nn(C)c2ncccc12)[C@H]1CC(F)(F)CN1[C@@]1(CC(=O)O)C(=O)Nc2c(Cl)cc(Cl)cc21. The van der Waals surface area contributed by atoms with E-state index in [0.717, 1.165) is 4.90 Å². The number of hydrogen-bond acceptors (Lipinski definition) is 6. The number of aromatic nitrogens is 3. The van der Waals surface area contributed by atoms with Crippen molar-refractivity contribution < 1.29 is 28.3 Å². The van der Waals surface area contributed by atoms with Crippen molar-refractivity contribution in [2.24, 2.45) is 13.0 Å².